The maximum absolute atomic E-state index is 12.4. The molecule has 4 rings (SSSR count). The number of benzene rings is 3. The second-order valence-corrected chi connectivity index (χ2v) is 5.51. The zero-order chi connectivity index (χ0) is 15.8. The number of carbonyl (C=O) groups excluding carboxylic acids is 1. The predicted octanol–water partition coefficient (Wildman–Crippen LogP) is 4.18. The number of phenols is 1. The maximum atomic E-state index is 12.4. The third-order valence-electron chi connectivity index (χ3n) is 4.04. The Morgan fingerprint density at radius 2 is 1.65 bits per heavy atom. The van der Waals surface area contributed by atoms with Crippen molar-refractivity contribution in [1.29, 1.82) is 0 Å². The standard InChI is InChI=1S/C20H14O3/c21-18-8-4-7-15-17-11-14(9-10-16(17)20(22)19(15)18)23-12-13-5-2-1-3-6-13/h1-11,21H,12H2. The highest BCUT2D eigenvalue weighted by Crippen LogP contribution is 2.42. The number of carbonyl (C=O) groups is 1. The van der Waals surface area contributed by atoms with E-state index < -0.39 is 0 Å². The zero-order valence-electron chi connectivity index (χ0n) is 12.3. The van der Waals surface area contributed by atoms with Gasteiger partial charge in [0.05, 0.1) is 5.56 Å². The van der Waals surface area contributed by atoms with Crippen molar-refractivity contribution in [3.8, 4) is 22.6 Å². The summed E-state index contributed by atoms with van der Waals surface area (Å²) in [5.74, 6) is 0.592. The van der Waals surface area contributed by atoms with Crippen LogP contribution in [0.3, 0.4) is 0 Å². The maximum Gasteiger partial charge on any atom is 0.198 e. The summed E-state index contributed by atoms with van der Waals surface area (Å²) in [6.45, 7) is 0.473. The first kappa shape index (κ1) is 13.6. The third-order valence-corrected chi connectivity index (χ3v) is 4.04. The molecule has 0 saturated heterocycles. The van der Waals surface area contributed by atoms with Gasteiger partial charge < -0.3 is 9.84 Å². The van der Waals surface area contributed by atoms with E-state index in [1.165, 1.54) is 6.07 Å². The number of hydrogen-bond acceptors (Lipinski definition) is 3. The quantitative estimate of drug-likeness (QED) is 0.617. The van der Waals surface area contributed by atoms with E-state index in [1.54, 1.807) is 18.2 Å². The second-order valence-electron chi connectivity index (χ2n) is 5.51. The molecular weight excluding hydrogens is 288 g/mol. The molecule has 0 aromatic heterocycles. The number of phenolic OH excluding ortho intramolecular Hbond substituents is 1. The lowest BCUT2D eigenvalue weighted by Gasteiger charge is -2.08. The fourth-order valence-corrected chi connectivity index (χ4v) is 2.91. The Labute approximate surface area is 133 Å². The first-order chi connectivity index (χ1) is 11.2. The summed E-state index contributed by atoms with van der Waals surface area (Å²) in [6, 6.07) is 20.5. The van der Waals surface area contributed by atoms with Crippen molar-refractivity contribution in [2.75, 3.05) is 0 Å². The van der Waals surface area contributed by atoms with Crippen molar-refractivity contribution >= 4 is 5.78 Å². The van der Waals surface area contributed by atoms with Gasteiger partial charge in [0, 0.05) is 5.56 Å². The Morgan fingerprint density at radius 3 is 2.48 bits per heavy atom. The summed E-state index contributed by atoms with van der Waals surface area (Å²) in [6.07, 6.45) is 0. The molecule has 0 atom stereocenters. The molecule has 0 aliphatic heterocycles. The Hall–Kier alpha value is -3.07. The van der Waals surface area contributed by atoms with Crippen LogP contribution in [0.5, 0.6) is 11.5 Å². The van der Waals surface area contributed by atoms with Crippen molar-refractivity contribution in [2.45, 2.75) is 6.61 Å². The van der Waals surface area contributed by atoms with Gasteiger partial charge in [-0.3, -0.25) is 4.79 Å². The Bertz CT molecular complexity index is 898. The molecule has 23 heavy (non-hydrogen) atoms. The third kappa shape index (κ3) is 2.27. The molecule has 0 fully saturated rings. The average Bonchev–Trinajstić information content (AvgIpc) is 2.88. The van der Waals surface area contributed by atoms with Crippen LogP contribution in [0.15, 0.2) is 66.7 Å². The molecule has 3 aromatic rings. The fraction of sp³-hybridized carbons (Fsp3) is 0.0500. The van der Waals surface area contributed by atoms with Crippen LogP contribution in [-0.2, 0) is 6.61 Å². The molecule has 0 bridgehead atoms. The van der Waals surface area contributed by atoms with Gasteiger partial charge in [0.2, 0.25) is 0 Å². The SMILES string of the molecule is O=C1c2ccc(OCc3ccccc3)cc2-c2cccc(O)c21. The van der Waals surface area contributed by atoms with Crippen molar-refractivity contribution in [3.05, 3.63) is 83.4 Å². The second kappa shape index (κ2) is 5.29. The molecule has 0 heterocycles. The monoisotopic (exact) mass is 302 g/mol. The minimum absolute atomic E-state index is 0.0236. The van der Waals surface area contributed by atoms with E-state index in [0.29, 0.717) is 23.5 Å². The van der Waals surface area contributed by atoms with Gasteiger partial charge in [0.15, 0.2) is 5.78 Å². The Kier molecular flexibility index (Phi) is 3.12. The Balaban J connectivity index is 1.67. The van der Waals surface area contributed by atoms with E-state index in [2.05, 4.69) is 0 Å². The highest BCUT2D eigenvalue weighted by molar-refractivity contribution is 6.23. The van der Waals surface area contributed by atoms with E-state index in [9.17, 15) is 9.90 Å². The molecule has 112 valence electrons. The summed E-state index contributed by atoms with van der Waals surface area (Å²) >= 11 is 0. The molecule has 0 saturated carbocycles. The lowest BCUT2D eigenvalue weighted by molar-refractivity contribution is 0.104. The highest BCUT2D eigenvalue weighted by atomic mass is 16.5. The Morgan fingerprint density at radius 1 is 0.826 bits per heavy atom. The van der Waals surface area contributed by atoms with Crippen molar-refractivity contribution in [2.24, 2.45) is 0 Å². The first-order valence-electron chi connectivity index (χ1n) is 7.42. The molecular formula is C20H14O3. The van der Waals surface area contributed by atoms with E-state index in [0.717, 1.165) is 16.7 Å². The van der Waals surface area contributed by atoms with E-state index in [4.69, 9.17) is 4.74 Å². The highest BCUT2D eigenvalue weighted by Gasteiger charge is 2.29. The number of hydrogen-bond donors (Lipinski definition) is 1. The van der Waals surface area contributed by atoms with E-state index in [1.807, 2.05) is 42.5 Å². The molecule has 3 nitrogen and oxygen atoms in total. The van der Waals surface area contributed by atoms with E-state index in [-0.39, 0.29) is 11.5 Å². The molecule has 1 aliphatic carbocycles. The normalized spacial score (nSPS) is 11.9. The topological polar surface area (TPSA) is 46.5 Å². The van der Waals surface area contributed by atoms with Crippen LogP contribution in [0.25, 0.3) is 11.1 Å². The number of ketones is 1. The molecule has 0 amide bonds. The van der Waals surface area contributed by atoms with Crippen molar-refractivity contribution < 1.29 is 14.6 Å². The largest absolute Gasteiger partial charge is 0.507 e. The van der Waals surface area contributed by atoms with Gasteiger partial charge in [-0.05, 0) is 41.0 Å². The van der Waals surface area contributed by atoms with Crippen LogP contribution >= 0.6 is 0 Å². The minimum Gasteiger partial charge on any atom is -0.507 e. The number of aromatic hydroxyl groups is 1. The van der Waals surface area contributed by atoms with Crippen LogP contribution in [0.4, 0.5) is 0 Å². The van der Waals surface area contributed by atoms with Crippen molar-refractivity contribution in [1.82, 2.24) is 0 Å². The molecule has 3 aromatic carbocycles. The van der Waals surface area contributed by atoms with Crippen LogP contribution < -0.4 is 4.74 Å². The summed E-state index contributed by atoms with van der Waals surface area (Å²) < 4.78 is 5.82. The molecule has 0 spiro atoms. The summed E-state index contributed by atoms with van der Waals surface area (Å²) in [5, 5.41) is 9.94. The van der Waals surface area contributed by atoms with Gasteiger partial charge >= 0.3 is 0 Å². The van der Waals surface area contributed by atoms with Gasteiger partial charge in [-0.2, -0.15) is 0 Å². The number of fused-ring (bicyclic) bond motifs is 3. The summed E-state index contributed by atoms with van der Waals surface area (Å²) in [4.78, 5) is 12.4. The van der Waals surface area contributed by atoms with Crippen molar-refractivity contribution in [3.63, 3.8) is 0 Å². The van der Waals surface area contributed by atoms with Gasteiger partial charge in [-0.25, -0.2) is 0 Å². The summed E-state index contributed by atoms with van der Waals surface area (Å²) in [7, 11) is 0. The molecule has 1 aliphatic rings. The van der Waals surface area contributed by atoms with Gasteiger partial charge in [-0.1, -0.05) is 42.5 Å². The summed E-state index contributed by atoms with van der Waals surface area (Å²) in [5.41, 5.74) is 3.64. The number of rotatable bonds is 3. The molecule has 0 unspecified atom stereocenters. The minimum atomic E-state index is -0.136. The lowest BCUT2D eigenvalue weighted by Crippen LogP contribution is -1.97. The molecule has 1 N–H and O–H groups in total. The predicted molar refractivity (Wildman–Crippen MR) is 87.7 cm³/mol. The lowest BCUT2D eigenvalue weighted by atomic mass is 10.1. The van der Waals surface area contributed by atoms with Crippen LogP contribution in [0.1, 0.15) is 21.5 Å². The number of ether oxygens (including phenoxy) is 1. The van der Waals surface area contributed by atoms with Crippen LogP contribution in [0, 0.1) is 0 Å². The van der Waals surface area contributed by atoms with Crippen LogP contribution in [-0.4, -0.2) is 10.9 Å². The van der Waals surface area contributed by atoms with Gasteiger partial charge in [0.1, 0.15) is 18.1 Å². The fourth-order valence-electron chi connectivity index (χ4n) is 2.91. The first-order valence-corrected chi connectivity index (χ1v) is 7.42. The smallest absolute Gasteiger partial charge is 0.198 e. The molecule has 0 radical (unpaired) electrons. The average molecular weight is 302 g/mol. The van der Waals surface area contributed by atoms with Gasteiger partial charge in [-0.15, -0.1) is 0 Å². The van der Waals surface area contributed by atoms with Crippen LogP contribution in [0.2, 0.25) is 0 Å². The molecule has 3 heteroatoms. The zero-order valence-corrected chi connectivity index (χ0v) is 12.3. The van der Waals surface area contributed by atoms with E-state index >= 15 is 0 Å². The van der Waals surface area contributed by atoms with Gasteiger partial charge in [0.25, 0.3) is 0 Å².